The lowest BCUT2D eigenvalue weighted by atomic mass is 9.68. The van der Waals surface area contributed by atoms with E-state index in [0.29, 0.717) is 6.42 Å². The molecule has 104 valence electrons. The molecule has 0 aliphatic carbocycles. The summed E-state index contributed by atoms with van der Waals surface area (Å²) in [5.74, 6) is -1.39. The first kappa shape index (κ1) is 13.0. The Kier molecular flexibility index (Phi) is 3.08. The van der Waals surface area contributed by atoms with Crippen LogP contribution in [0, 0.1) is 17.0 Å². The maximum absolute atomic E-state index is 13.8. The van der Waals surface area contributed by atoms with Gasteiger partial charge in [-0.3, -0.25) is 0 Å². The molecule has 1 aromatic carbocycles. The fourth-order valence-electron chi connectivity index (χ4n) is 3.48. The summed E-state index contributed by atoms with van der Waals surface area (Å²) in [5.41, 5.74) is 5.29. The second-order valence-electron chi connectivity index (χ2n) is 5.53. The van der Waals surface area contributed by atoms with Crippen molar-refractivity contribution < 1.29 is 18.6 Å². The lowest BCUT2D eigenvalue weighted by Gasteiger charge is -2.38. The van der Waals surface area contributed by atoms with Gasteiger partial charge in [-0.25, -0.2) is 8.78 Å². The van der Waals surface area contributed by atoms with Gasteiger partial charge in [0.1, 0.15) is 11.6 Å². The third-order valence-electron chi connectivity index (χ3n) is 4.54. The second-order valence-corrected chi connectivity index (χ2v) is 5.53. The van der Waals surface area contributed by atoms with Crippen molar-refractivity contribution in [3.05, 3.63) is 35.4 Å². The Hall–Kier alpha value is -1.04. The van der Waals surface area contributed by atoms with Crippen molar-refractivity contribution in [2.45, 2.75) is 37.6 Å². The molecule has 1 aromatic rings. The standard InChI is InChI=1S/C14H17F2NO2/c15-8-1-3-10(11(16)5-8)13(18)14(7-17)6-9-2-4-12(14)19-9/h1,3,5,9,12-13,18H,2,4,6-7,17H2. The monoisotopic (exact) mass is 269 g/mol. The van der Waals surface area contributed by atoms with Crippen LogP contribution in [-0.4, -0.2) is 23.9 Å². The van der Waals surface area contributed by atoms with E-state index in [4.69, 9.17) is 10.5 Å². The zero-order valence-corrected chi connectivity index (χ0v) is 10.5. The minimum atomic E-state index is -1.06. The summed E-state index contributed by atoms with van der Waals surface area (Å²) in [6.45, 7) is 0.228. The maximum Gasteiger partial charge on any atom is 0.131 e. The molecule has 5 heteroatoms. The first-order valence-corrected chi connectivity index (χ1v) is 6.55. The van der Waals surface area contributed by atoms with E-state index >= 15 is 0 Å². The fourth-order valence-corrected chi connectivity index (χ4v) is 3.48. The molecule has 19 heavy (non-hydrogen) atoms. The van der Waals surface area contributed by atoms with Crippen molar-refractivity contribution >= 4 is 0 Å². The zero-order chi connectivity index (χ0) is 13.6. The molecule has 2 aliphatic rings. The smallest absolute Gasteiger partial charge is 0.131 e. The van der Waals surface area contributed by atoms with Crippen LogP contribution in [0.1, 0.15) is 30.9 Å². The lowest BCUT2D eigenvalue weighted by Crippen LogP contribution is -2.44. The minimum absolute atomic E-state index is 0.100. The molecule has 2 heterocycles. The third-order valence-corrected chi connectivity index (χ3v) is 4.54. The predicted octanol–water partition coefficient (Wildman–Crippen LogP) is 1.89. The Morgan fingerprint density at radius 2 is 2.21 bits per heavy atom. The molecule has 4 unspecified atom stereocenters. The van der Waals surface area contributed by atoms with Gasteiger partial charge in [0.15, 0.2) is 0 Å². The van der Waals surface area contributed by atoms with Crippen LogP contribution in [-0.2, 0) is 4.74 Å². The Morgan fingerprint density at radius 3 is 2.74 bits per heavy atom. The highest BCUT2D eigenvalue weighted by molar-refractivity contribution is 5.25. The van der Waals surface area contributed by atoms with Gasteiger partial charge in [0.05, 0.1) is 18.3 Å². The number of aliphatic hydroxyl groups excluding tert-OH is 1. The number of hydrogen-bond donors (Lipinski definition) is 2. The zero-order valence-electron chi connectivity index (χ0n) is 10.5. The molecule has 0 radical (unpaired) electrons. The highest BCUT2D eigenvalue weighted by Gasteiger charge is 2.56. The largest absolute Gasteiger partial charge is 0.388 e. The van der Waals surface area contributed by atoms with Gasteiger partial charge in [-0.1, -0.05) is 6.07 Å². The van der Waals surface area contributed by atoms with E-state index in [2.05, 4.69) is 0 Å². The van der Waals surface area contributed by atoms with Gasteiger partial charge < -0.3 is 15.6 Å². The van der Waals surface area contributed by atoms with Crippen LogP contribution in [0.2, 0.25) is 0 Å². The topological polar surface area (TPSA) is 55.5 Å². The molecule has 0 saturated carbocycles. The van der Waals surface area contributed by atoms with E-state index in [-0.39, 0.29) is 24.3 Å². The molecular weight excluding hydrogens is 252 g/mol. The summed E-state index contributed by atoms with van der Waals surface area (Å²) < 4.78 is 32.5. The number of halogens is 2. The van der Waals surface area contributed by atoms with Gasteiger partial charge in [-0.05, 0) is 25.3 Å². The predicted molar refractivity (Wildman–Crippen MR) is 65.3 cm³/mol. The van der Waals surface area contributed by atoms with Crippen LogP contribution < -0.4 is 5.73 Å². The first-order valence-electron chi connectivity index (χ1n) is 6.55. The maximum atomic E-state index is 13.8. The van der Waals surface area contributed by atoms with Crippen molar-refractivity contribution in [2.24, 2.45) is 11.1 Å². The number of nitrogens with two attached hydrogens (primary N) is 1. The number of benzene rings is 1. The second kappa shape index (κ2) is 4.51. The summed E-state index contributed by atoms with van der Waals surface area (Å²) in [5, 5.41) is 10.5. The van der Waals surface area contributed by atoms with Gasteiger partial charge in [-0.15, -0.1) is 0 Å². The molecule has 2 aliphatic heterocycles. The summed E-state index contributed by atoms with van der Waals surface area (Å²) in [4.78, 5) is 0. The molecule has 0 aromatic heterocycles. The Morgan fingerprint density at radius 1 is 1.42 bits per heavy atom. The number of rotatable bonds is 3. The third kappa shape index (κ3) is 1.88. The van der Waals surface area contributed by atoms with Crippen LogP contribution >= 0.6 is 0 Å². The van der Waals surface area contributed by atoms with Crippen LogP contribution in [0.15, 0.2) is 18.2 Å². The van der Waals surface area contributed by atoms with Gasteiger partial charge >= 0.3 is 0 Å². The van der Waals surface area contributed by atoms with Crippen LogP contribution in [0.4, 0.5) is 8.78 Å². The molecule has 0 spiro atoms. The van der Waals surface area contributed by atoms with Crippen molar-refractivity contribution in [1.82, 2.24) is 0 Å². The SMILES string of the molecule is NCC1(C(O)c2ccc(F)cc2F)CC2CCC1O2. The first-order chi connectivity index (χ1) is 9.06. The van der Waals surface area contributed by atoms with Crippen molar-refractivity contribution in [3.8, 4) is 0 Å². The van der Waals surface area contributed by atoms with E-state index in [0.717, 1.165) is 25.0 Å². The van der Waals surface area contributed by atoms with E-state index in [1.165, 1.54) is 6.07 Å². The Labute approximate surface area is 110 Å². The fraction of sp³-hybridized carbons (Fsp3) is 0.571. The highest BCUT2D eigenvalue weighted by atomic mass is 19.1. The average molecular weight is 269 g/mol. The van der Waals surface area contributed by atoms with Gasteiger partial charge in [0.2, 0.25) is 0 Å². The van der Waals surface area contributed by atoms with Crippen molar-refractivity contribution in [2.75, 3.05) is 6.54 Å². The van der Waals surface area contributed by atoms with Gasteiger partial charge in [0.25, 0.3) is 0 Å². The summed E-state index contributed by atoms with van der Waals surface area (Å²) in [6, 6.07) is 3.23. The van der Waals surface area contributed by atoms with Crippen LogP contribution in [0.5, 0.6) is 0 Å². The lowest BCUT2D eigenvalue weighted by molar-refractivity contribution is -0.0280. The molecule has 3 N–H and O–H groups in total. The number of fused-ring (bicyclic) bond motifs is 2. The quantitative estimate of drug-likeness (QED) is 0.881. The molecule has 2 fully saturated rings. The summed E-state index contributed by atoms with van der Waals surface area (Å²) in [6.07, 6.45) is 1.33. The average Bonchev–Trinajstić information content (AvgIpc) is 2.98. The molecule has 2 bridgehead atoms. The molecule has 4 atom stereocenters. The molecule has 3 rings (SSSR count). The molecule has 2 saturated heterocycles. The van der Waals surface area contributed by atoms with Crippen molar-refractivity contribution in [1.29, 1.82) is 0 Å². The number of ether oxygens (including phenoxy) is 1. The van der Waals surface area contributed by atoms with E-state index in [1.807, 2.05) is 0 Å². The summed E-state index contributed by atoms with van der Waals surface area (Å²) >= 11 is 0. The number of hydrogen-bond acceptors (Lipinski definition) is 3. The van der Waals surface area contributed by atoms with E-state index < -0.39 is 23.2 Å². The highest BCUT2D eigenvalue weighted by Crippen LogP contribution is 2.53. The van der Waals surface area contributed by atoms with E-state index in [1.54, 1.807) is 0 Å². The molecule has 0 amide bonds. The minimum Gasteiger partial charge on any atom is -0.388 e. The van der Waals surface area contributed by atoms with Crippen LogP contribution in [0.3, 0.4) is 0 Å². The van der Waals surface area contributed by atoms with Crippen LogP contribution in [0.25, 0.3) is 0 Å². The normalized spacial score (nSPS) is 34.7. The van der Waals surface area contributed by atoms with E-state index in [9.17, 15) is 13.9 Å². The molecular formula is C14H17F2NO2. The Bertz CT molecular complexity index is 496. The van der Waals surface area contributed by atoms with Gasteiger partial charge in [-0.2, -0.15) is 0 Å². The van der Waals surface area contributed by atoms with Crippen molar-refractivity contribution in [3.63, 3.8) is 0 Å². The summed E-state index contributed by atoms with van der Waals surface area (Å²) in [7, 11) is 0. The number of aliphatic hydroxyl groups is 1. The Balaban J connectivity index is 1.96. The molecule has 3 nitrogen and oxygen atoms in total. The van der Waals surface area contributed by atoms with Gasteiger partial charge in [0, 0.05) is 23.6 Å².